The Kier molecular flexibility index (Phi) is 5.53. The van der Waals surface area contributed by atoms with Crippen LogP contribution in [0.15, 0.2) is 0 Å². The second kappa shape index (κ2) is 6.58. The third kappa shape index (κ3) is 6.27. The normalized spacial score (nSPS) is 20.1. The SMILES string of the molecule is CC[C@@H](CN1CC(F)(F)CCC1=O)NC(=O)OC(C)(C)C. The van der Waals surface area contributed by atoms with E-state index in [9.17, 15) is 18.4 Å². The van der Waals surface area contributed by atoms with E-state index in [2.05, 4.69) is 5.32 Å². The molecule has 0 bridgehead atoms. The first-order chi connectivity index (χ1) is 9.52. The molecule has 0 aromatic rings. The zero-order valence-corrected chi connectivity index (χ0v) is 13.0. The van der Waals surface area contributed by atoms with Gasteiger partial charge in [-0.25, -0.2) is 13.6 Å². The highest BCUT2D eigenvalue weighted by Crippen LogP contribution is 2.27. The Bertz CT molecular complexity index is 394. The number of ether oxygens (including phenoxy) is 1. The molecule has 0 aromatic carbocycles. The van der Waals surface area contributed by atoms with Crippen molar-refractivity contribution in [3.8, 4) is 0 Å². The first-order valence-electron chi connectivity index (χ1n) is 7.17. The Morgan fingerprint density at radius 3 is 2.62 bits per heavy atom. The summed E-state index contributed by atoms with van der Waals surface area (Å²) in [7, 11) is 0. The molecule has 0 spiro atoms. The van der Waals surface area contributed by atoms with E-state index in [4.69, 9.17) is 4.74 Å². The second-order valence-corrected chi connectivity index (χ2v) is 6.38. The van der Waals surface area contributed by atoms with E-state index in [1.165, 1.54) is 0 Å². The molecule has 1 fully saturated rings. The van der Waals surface area contributed by atoms with Gasteiger partial charge < -0.3 is 15.0 Å². The van der Waals surface area contributed by atoms with Crippen molar-refractivity contribution in [2.75, 3.05) is 13.1 Å². The van der Waals surface area contributed by atoms with Crippen LogP contribution in [-0.4, -0.2) is 47.6 Å². The Balaban J connectivity index is 2.57. The molecule has 5 nitrogen and oxygen atoms in total. The standard InChI is InChI=1S/C14H24F2N2O3/c1-5-10(17-12(20)21-13(2,3)4)8-18-9-14(15,16)7-6-11(18)19/h10H,5-9H2,1-4H3,(H,17,20)/t10-/m0/s1. The van der Waals surface area contributed by atoms with E-state index in [1.54, 1.807) is 20.8 Å². The molecule has 0 radical (unpaired) electrons. The predicted molar refractivity (Wildman–Crippen MR) is 74.2 cm³/mol. The maximum atomic E-state index is 13.4. The van der Waals surface area contributed by atoms with Crippen LogP contribution >= 0.6 is 0 Å². The predicted octanol–water partition coefficient (Wildman–Crippen LogP) is 2.55. The molecule has 7 heteroatoms. The molecule has 2 amide bonds. The zero-order valence-electron chi connectivity index (χ0n) is 13.0. The van der Waals surface area contributed by atoms with E-state index in [-0.39, 0.29) is 18.9 Å². The quantitative estimate of drug-likeness (QED) is 0.868. The fourth-order valence-corrected chi connectivity index (χ4v) is 2.08. The Labute approximate surface area is 124 Å². The van der Waals surface area contributed by atoms with Crippen LogP contribution in [0.1, 0.15) is 47.0 Å². The third-order valence-corrected chi connectivity index (χ3v) is 3.13. The van der Waals surface area contributed by atoms with Crippen LogP contribution < -0.4 is 5.32 Å². The highest BCUT2D eigenvalue weighted by Gasteiger charge is 2.39. The number of alkyl halides is 2. The van der Waals surface area contributed by atoms with Gasteiger partial charge in [-0.15, -0.1) is 0 Å². The van der Waals surface area contributed by atoms with Gasteiger partial charge in [0.15, 0.2) is 0 Å². The average Bonchev–Trinajstić information content (AvgIpc) is 2.30. The Hall–Kier alpha value is -1.40. The number of carbonyl (C=O) groups excluding carboxylic acids is 2. The van der Waals surface area contributed by atoms with Crippen molar-refractivity contribution in [1.29, 1.82) is 0 Å². The van der Waals surface area contributed by atoms with Crippen molar-refractivity contribution in [3.05, 3.63) is 0 Å². The van der Waals surface area contributed by atoms with Crippen LogP contribution in [0.2, 0.25) is 0 Å². The minimum absolute atomic E-state index is 0.0736. The van der Waals surface area contributed by atoms with Crippen molar-refractivity contribution in [1.82, 2.24) is 10.2 Å². The maximum absolute atomic E-state index is 13.4. The van der Waals surface area contributed by atoms with E-state index in [0.29, 0.717) is 6.42 Å². The van der Waals surface area contributed by atoms with Crippen LogP contribution in [0, 0.1) is 0 Å². The lowest BCUT2D eigenvalue weighted by Crippen LogP contribution is -2.52. The highest BCUT2D eigenvalue weighted by atomic mass is 19.3. The molecule has 1 aliphatic heterocycles. The summed E-state index contributed by atoms with van der Waals surface area (Å²) < 4.78 is 31.8. The number of hydrogen-bond acceptors (Lipinski definition) is 3. The monoisotopic (exact) mass is 306 g/mol. The molecule has 0 unspecified atom stereocenters. The number of hydrogen-bond donors (Lipinski definition) is 1. The van der Waals surface area contributed by atoms with Gasteiger partial charge in [-0.1, -0.05) is 6.92 Å². The van der Waals surface area contributed by atoms with Gasteiger partial charge in [0.25, 0.3) is 5.92 Å². The van der Waals surface area contributed by atoms with E-state index in [1.807, 2.05) is 6.92 Å². The van der Waals surface area contributed by atoms with E-state index < -0.39 is 36.6 Å². The van der Waals surface area contributed by atoms with Gasteiger partial charge >= 0.3 is 6.09 Å². The number of amides is 2. The fraction of sp³-hybridized carbons (Fsp3) is 0.857. The van der Waals surface area contributed by atoms with Gasteiger partial charge in [-0.3, -0.25) is 4.79 Å². The van der Waals surface area contributed by atoms with Gasteiger partial charge in [0, 0.05) is 25.4 Å². The van der Waals surface area contributed by atoms with Crippen LogP contribution in [-0.2, 0) is 9.53 Å². The van der Waals surface area contributed by atoms with Gasteiger partial charge in [0.2, 0.25) is 5.91 Å². The lowest BCUT2D eigenvalue weighted by Gasteiger charge is -2.34. The van der Waals surface area contributed by atoms with Crippen molar-refractivity contribution in [2.45, 2.75) is 64.5 Å². The minimum atomic E-state index is -2.85. The number of nitrogens with one attached hydrogen (secondary N) is 1. The van der Waals surface area contributed by atoms with Crippen molar-refractivity contribution >= 4 is 12.0 Å². The summed E-state index contributed by atoms with van der Waals surface area (Å²) in [5.41, 5.74) is -0.629. The summed E-state index contributed by atoms with van der Waals surface area (Å²) >= 11 is 0. The smallest absolute Gasteiger partial charge is 0.407 e. The van der Waals surface area contributed by atoms with Crippen LogP contribution in [0.5, 0.6) is 0 Å². The summed E-state index contributed by atoms with van der Waals surface area (Å²) in [5, 5.41) is 2.62. The molecular formula is C14H24F2N2O3. The highest BCUT2D eigenvalue weighted by molar-refractivity contribution is 5.77. The van der Waals surface area contributed by atoms with Crippen LogP contribution in [0.4, 0.5) is 13.6 Å². The molecular weight excluding hydrogens is 282 g/mol. The molecule has 1 atom stereocenters. The largest absolute Gasteiger partial charge is 0.444 e. The number of halogens is 2. The average molecular weight is 306 g/mol. The first kappa shape index (κ1) is 17.7. The molecule has 1 heterocycles. The number of piperidine rings is 1. The van der Waals surface area contributed by atoms with E-state index >= 15 is 0 Å². The van der Waals surface area contributed by atoms with Crippen molar-refractivity contribution in [2.24, 2.45) is 0 Å². The Morgan fingerprint density at radius 1 is 1.48 bits per heavy atom. The molecule has 0 saturated carbocycles. The maximum Gasteiger partial charge on any atom is 0.407 e. The molecule has 0 aromatic heterocycles. The first-order valence-corrected chi connectivity index (χ1v) is 7.17. The van der Waals surface area contributed by atoms with Crippen molar-refractivity contribution < 1.29 is 23.1 Å². The minimum Gasteiger partial charge on any atom is -0.444 e. The van der Waals surface area contributed by atoms with Gasteiger partial charge in [-0.2, -0.15) is 0 Å². The summed E-state index contributed by atoms with van der Waals surface area (Å²) in [6, 6.07) is -0.405. The summed E-state index contributed by atoms with van der Waals surface area (Å²) in [4.78, 5) is 24.5. The molecule has 21 heavy (non-hydrogen) atoms. The third-order valence-electron chi connectivity index (χ3n) is 3.13. The van der Waals surface area contributed by atoms with Crippen molar-refractivity contribution in [3.63, 3.8) is 0 Å². The molecule has 1 N–H and O–H groups in total. The second-order valence-electron chi connectivity index (χ2n) is 6.38. The number of nitrogens with zero attached hydrogens (tertiary/aromatic N) is 1. The van der Waals surface area contributed by atoms with Crippen LogP contribution in [0.3, 0.4) is 0 Å². The van der Waals surface area contributed by atoms with Crippen LogP contribution in [0.25, 0.3) is 0 Å². The Morgan fingerprint density at radius 2 is 2.10 bits per heavy atom. The fourth-order valence-electron chi connectivity index (χ4n) is 2.08. The lowest BCUT2D eigenvalue weighted by atomic mass is 10.1. The number of rotatable bonds is 4. The van der Waals surface area contributed by atoms with Gasteiger partial charge in [0.05, 0.1) is 6.54 Å². The molecule has 1 saturated heterocycles. The van der Waals surface area contributed by atoms with Gasteiger partial charge in [-0.05, 0) is 27.2 Å². The molecule has 1 aliphatic rings. The number of likely N-dealkylation sites (tertiary alicyclic amines) is 1. The number of alkyl carbamates (subject to hydrolysis) is 1. The molecule has 1 rings (SSSR count). The molecule has 0 aliphatic carbocycles. The van der Waals surface area contributed by atoms with E-state index in [0.717, 1.165) is 4.90 Å². The molecule has 122 valence electrons. The summed E-state index contributed by atoms with van der Waals surface area (Å²) in [6.07, 6.45) is -0.645. The number of carbonyl (C=O) groups is 2. The lowest BCUT2D eigenvalue weighted by molar-refractivity contribution is -0.147. The summed E-state index contributed by atoms with van der Waals surface area (Å²) in [6.45, 7) is 6.52. The topological polar surface area (TPSA) is 58.6 Å². The zero-order chi connectivity index (χ0) is 16.3. The summed E-state index contributed by atoms with van der Waals surface area (Å²) in [5.74, 6) is -3.15. The van der Waals surface area contributed by atoms with Gasteiger partial charge in [0.1, 0.15) is 5.60 Å².